The first-order chi connectivity index (χ1) is 8.79. The number of fused-ring (bicyclic) bond motifs is 1. The Balaban J connectivity index is 2.30. The summed E-state index contributed by atoms with van der Waals surface area (Å²) in [5.74, 6) is 0.693. The minimum absolute atomic E-state index is 0.651. The molecule has 90 valence electrons. The molecule has 0 fully saturated rings. The molecule has 4 heteroatoms. The maximum atomic E-state index is 6.00. The SMILES string of the molecule is COc1c(-c2ccccc2)nc2ccc(Cl)cn12. The van der Waals surface area contributed by atoms with Crippen LogP contribution in [0.2, 0.25) is 5.02 Å². The van der Waals surface area contributed by atoms with E-state index in [4.69, 9.17) is 16.3 Å². The minimum atomic E-state index is 0.651. The fourth-order valence-electron chi connectivity index (χ4n) is 1.98. The number of ether oxygens (including phenoxy) is 1. The van der Waals surface area contributed by atoms with Gasteiger partial charge >= 0.3 is 0 Å². The lowest BCUT2D eigenvalue weighted by Crippen LogP contribution is -1.91. The average Bonchev–Trinajstić information content (AvgIpc) is 2.77. The largest absolute Gasteiger partial charge is 0.480 e. The lowest BCUT2D eigenvalue weighted by molar-refractivity contribution is 0.396. The Morgan fingerprint density at radius 2 is 1.89 bits per heavy atom. The summed E-state index contributed by atoms with van der Waals surface area (Å²) < 4.78 is 7.30. The van der Waals surface area contributed by atoms with Crippen LogP contribution in [0.5, 0.6) is 5.88 Å². The van der Waals surface area contributed by atoms with Crippen molar-refractivity contribution in [1.82, 2.24) is 9.38 Å². The van der Waals surface area contributed by atoms with Gasteiger partial charge in [0.1, 0.15) is 11.3 Å². The fourth-order valence-corrected chi connectivity index (χ4v) is 2.14. The monoisotopic (exact) mass is 258 g/mol. The van der Waals surface area contributed by atoms with Gasteiger partial charge in [0.15, 0.2) is 0 Å². The lowest BCUT2D eigenvalue weighted by atomic mass is 10.2. The number of imidazole rings is 1. The predicted octanol–water partition coefficient (Wildman–Crippen LogP) is 3.66. The summed E-state index contributed by atoms with van der Waals surface area (Å²) in [6, 6.07) is 13.6. The molecule has 0 unspecified atom stereocenters. The first-order valence-electron chi connectivity index (χ1n) is 5.56. The standard InChI is InChI=1S/C14H11ClN2O/c1-18-14-13(10-5-3-2-4-6-10)16-12-8-7-11(15)9-17(12)14/h2-9H,1H3. The number of nitrogens with zero attached hydrogens (tertiary/aromatic N) is 2. The van der Waals surface area contributed by atoms with Crippen LogP contribution in [0.1, 0.15) is 0 Å². The number of benzene rings is 1. The predicted molar refractivity (Wildman–Crippen MR) is 72.2 cm³/mol. The number of halogens is 1. The third-order valence-corrected chi connectivity index (χ3v) is 3.00. The first-order valence-corrected chi connectivity index (χ1v) is 5.94. The third kappa shape index (κ3) is 1.73. The van der Waals surface area contributed by atoms with E-state index in [-0.39, 0.29) is 0 Å². The van der Waals surface area contributed by atoms with E-state index in [1.807, 2.05) is 46.9 Å². The van der Waals surface area contributed by atoms with Gasteiger partial charge in [-0.1, -0.05) is 41.9 Å². The number of hydrogen-bond acceptors (Lipinski definition) is 2. The average molecular weight is 259 g/mol. The summed E-state index contributed by atoms with van der Waals surface area (Å²) in [6.07, 6.45) is 1.80. The Labute approximate surface area is 110 Å². The summed E-state index contributed by atoms with van der Waals surface area (Å²) in [7, 11) is 1.64. The molecular weight excluding hydrogens is 248 g/mol. The Hall–Kier alpha value is -2.00. The maximum Gasteiger partial charge on any atom is 0.226 e. The molecule has 1 aromatic carbocycles. The van der Waals surface area contributed by atoms with E-state index < -0.39 is 0 Å². The zero-order valence-electron chi connectivity index (χ0n) is 9.80. The molecule has 0 radical (unpaired) electrons. The second kappa shape index (κ2) is 4.35. The zero-order chi connectivity index (χ0) is 12.5. The summed E-state index contributed by atoms with van der Waals surface area (Å²) >= 11 is 6.00. The van der Waals surface area contributed by atoms with Crippen molar-refractivity contribution in [3.05, 3.63) is 53.7 Å². The lowest BCUT2D eigenvalue weighted by Gasteiger charge is -2.03. The van der Waals surface area contributed by atoms with E-state index >= 15 is 0 Å². The number of pyridine rings is 1. The highest BCUT2D eigenvalue weighted by atomic mass is 35.5. The Bertz CT molecular complexity index is 692. The van der Waals surface area contributed by atoms with Crippen LogP contribution >= 0.6 is 11.6 Å². The maximum absolute atomic E-state index is 6.00. The second-order valence-electron chi connectivity index (χ2n) is 3.91. The third-order valence-electron chi connectivity index (χ3n) is 2.78. The van der Waals surface area contributed by atoms with Gasteiger partial charge in [0.05, 0.1) is 12.1 Å². The highest BCUT2D eigenvalue weighted by molar-refractivity contribution is 6.30. The summed E-state index contributed by atoms with van der Waals surface area (Å²) in [6.45, 7) is 0. The molecule has 2 aromatic heterocycles. The second-order valence-corrected chi connectivity index (χ2v) is 4.35. The van der Waals surface area contributed by atoms with Crippen LogP contribution in [0.15, 0.2) is 48.7 Å². The van der Waals surface area contributed by atoms with Crippen molar-refractivity contribution in [1.29, 1.82) is 0 Å². The van der Waals surface area contributed by atoms with Crippen molar-refractivity contribution in [2.24, 2.45) is 0 Å². The van der Waals surface area contributed by atoms with Crippen molar-refractivity contribution in [3.63, 3.8) is 0 Å². The molecule has 3 rings (SSSR count). The number of aromatic nitrogens is 2. The van der Waals surface area contributed by atoms with Gasteiger partial charge in [0.25, 0.3) is 0 Å². The van der Waals surface area contributed by atoms with Crippen molar-refractivity contribution in [3.8, 4) is 17.1 Å². The molecule has 0 N–H and O–H groups in total. The quantitative estimate of drug-likeness (QED) is 0.701. The van der Waals surface area contributed by atoms with Gasteiger partial charge in [-0.15, -0.1) is 0 Å². The molecule has 3 nitrogen and oxygen atoms in total. The van der Waals surface area contributed by atoms with Crippen molar-refractivity contribution >= 4 is 17.2 Å². The molecule has 18 heavy (non-hydrogen) atoms. The molecule has 3 aromatic rings. The summed E-state index contributed by atoms with van der Waals surface area (Å²) in [5.41, 5.74) is 2.66. The molecular formula is C14H11ClN2O. The van der Waals surface area contributed by atoms with E-state index in [0.29, 0.717) is 10.9 Å². The van der Waals surface area contributed by atoms with Crippen LogP contribution in [0.25, 0.3) is 16.9 Å². The van der Waals surface area contributed by atoms with Crippen LogP contribution in [0, 0.1) is 0 Å². The van der Waals surface area contributed by atoms with Gasteiger partial charge < -0.3 is 4.74 Å². The van der Waals surface area contributed by atoms with E-state index in [1.54, 1.807) is 13.3 Å². The van der Waals surface area contributed by atoms with Crippen LogP contribution in [0.4, 0.5) is 0 Å². The Kier molecular flexibility index (Phi) is 2.68. The molecule has 0 amide bonds. The number of rotatable bonds is 2. The van der Waals surface area contributed by atoms with Crippen molar-refractivity contribution < 1.29 is 4.74 Å². The molecule has 0 aliphatic rings. The topological polar surface area (TPSA) is 26.5 Å². The first kappa shape index (κ1) is 11.1. The van der Waals surface area contributed by atoms with Crippen LogP contribution in [0.3, 0.4) is 0 Å². The van der Waals surface area contributed by atoms with Crippen LogP contribution in [-0.4, -0.2) is 16.5 Å². The molecule has 0 aliphatic heterocycles. The number of hydrogen-bond donors (Lipinski definition) is 0. The van der Waals surface area contributed by atoms with E-state index in [9.17, 15) is 0 Å². The molecule has 0 spiro atoms. The van der Waals surface area contributed by atoms with E-state index in [0.717, 1.165) is 16.9 Å². The zero-order valence-corrected chi connectivity index (χ0v) is 10.6. The fraction of sp³-hybridized carbons (Fsp3) is 0.0714. The molecule has 0 saturated heterocycles. The molecule has 0 atom stereocenters. The van der Waals surface area contributed by atoms with Crippen LogP contribution < -0.4 is 4.74 Å². The van der Waals surface area contributed by atoms with Crippen LogP contribution in [-0.2, 0) is 0 Å². The molecule has 0 aliphatic carbocycles. The Morgan fingerprint density at radius 3 is 2.61 bits per heavy atom. The van der Waals surface area contributed by atoms with Gasteiger partial charge in [-0.2, -0.15) is 0 Å². The van der Waals surface area contributed by atoms with Gasteiger partial charge in [0, 0.05) is 11.8 Å². The van der Waals surface area contributed by atoms with Crippen molar-refractivity contribution in [2.75, 3.05) is 7.11 Å². The van der Waals surface area contributed by atoms with Gasteiger partial charge in [0.2, 0.25) is 5.88 Å². The molecule has 0 bridgehead atoms. The smallest absolute Gasteiger partial charge is 0.226 e. The highest BCUT2D eigenvalue weighted by Gasteiger charge is 2.14. The Morgan fingerprint density at radius 1 is 1.11 bits per heavy atom. The van der Waals surface area contributed by atoms with E-state index in [1.165, 1.54) is 0 Å². The van der Waals surface area contributed by atoms with Gasteiger partial charge in [-0.25, -0.2) is 4.98 Å². The molecule has 0 saturated carbocycles. The van der Waals surface area contributed by atoms with Gasteiger partial charge in [-0.05, 0) is 12.1 Å². The summed E-state index contributed by atoms with van der Waals surface area (Å²) in [5, 5.41) is 0.651. The summed E-state index contributed by atoms with van der Waals surface area (Å²) in [4.78, 5) is 4.57. The highest BCUT2D eigenvalue weighted by Crippen LogP contribution is 2.30. The van der Waals surface area contributed by atoms with E-state index in [2.05, 4.69) is 4.98 Å². The number of methoxy groups -OCH3 is 1. The normalized spacial score (nSPS) is 10.8. The molecule has 2 heterocycles. The van der Waals surface area contributed by atoms with Gasteiger partial charge in [-0.3, -0.25) is 4.40 Å². The minimum Gasteiger partial charge on any atom is -0.480 e. The van der Waals surface area contributed by atoms with Crippen molar-refractivity contribution in [2.45, 2.75) is 0 Å².